The lowest BCUT2D eigenvalue weighted by Gasteiger charge is -2.33. The van der Waals surface area contributed by atoms with Gasteiger partial charge in [0, 0.05) is 30.4 Å². The summed E-state index contributed by atoms with van der Waals surface area (Å²) in [5.74, 6) is -2.04. The van der Waals surface area contributed by atoms with Crippen LogP contribution in [-0.2, 0) is 14.8 Å². The number of halogens is 2. The first-order valence-corrected chi connectivity index (χ1v) is 10.2. The van der Waals surface area contributed by atoms with Crippen molar-refractivity contribution in [2.24, 2.45) is 10.3 Å². The maximum absolute atomic E-state index is 13.3. The van der Waals surface area contributed by atoms with Crippen molar-refractivity contribution < 1.29 is 22.0 Å². The van der Waals surface area contributed by atoms with E-state index in [2.05, 4.69) is 9.71 Å². The second-order valence-electron chi connectivity index (χ2n) is 6.82. The molecule has 6 nitrogen and oxygen atoms in total. The molecule has 2 aliphatic rings. The van der Waals surface area contributed by atoms with Gasteiger partial charge in [-0.15, -0.1) is 4.40 Å². The number of rotatable bonds is 2. The topological polar surface area (TPSA) is 78.8 Å². The summed E-state index contributed by atoms with van der Waals surface area (Å²) in [7, 11) is -3.74. The Hall–Kier alpha value is -2.81. The minimum Gasteiger partial charge on any atom is -0.355 e. The first-order valence-electron chi connectivity index (χ1n) is 8.80. The molecule has 2 aromatic carbocycles. The molecule has 0 spiro atoms. The summed E-state index contributed by atoms with van der Waals surface area (Å²) in [4.78, 5) is 14.5. The molecule has 4 rings (SSSR count). The molecule has 0 aliphatic carbocycles. The molecule has 28 heavy (non-hydrogen) atoms. The van der Waals surface area contributed by atoms with Crippen molar-refractivity contribution in [3.63, 3.8) is 0 Å². The number of piperidine rings is 1. The number of nitrogens with zero attached hydrogens (tertiary/aromatic N) is 2. The number of benzene rings is 2. The normalized spacial score (nSPS) is 20.4. The summed E-state index contributed by atoms with van der Waals surface area (Å²) in [6.45, 7) is 0.841. The molecule has 0 unspecified atom stereocenters. The molecule has 0 bridgehead atoms. The van der Waals surface area contributed by atoms with E-state index in [0.29, 0.717) is 30.8 Å². The fraction of sp³-hybridized carbons (Fsp3) is 0.263. The maximum atomic E-state index is 13.3. The van der Waals surface area contributed by atoms with E-state index >= 15 is 0 Å². The van der Waals surface area contributed by atoms with E-state index in [1.54, 1.807) is 23.1 Å². The number of fused-ring (bicyclic) bond motifs is 1. The van der Waals surface area contributed by atoms with Crippen LogP contribution in [0.15, 0.2) is 51.8 Å². The van der Waals surface area contributed by atoms with Crippen molar-refractivity contribution in [3.8, 4) is 0 Å². The molecule has 1 atom stereocenters. The van der Waals surface area contributed by atoms with Gasteiger partial charge in [0.1, 0.15) is 16.5 Å². The first-order chi connectivity index (χ1) is 13.3. The lowest BCUT2D eigenvalue weighted by atomic mass is 9.96. The summed E-state index contributed by atoms with van der Waals surface area (Å²) in [5, 5.41) is 2.54. The van der Waals surface area contributed by atoms with Crippen LogP contribution in [0.3, 0.4) is 0 Å². The number of amidine groups is 1. The van der Waals surface area contributed by atoms with Crippen molar-refractivity contribution >= 4 is 27.5 Å². The minimum absolute atomic E-state index is 0.0470. The Morgan fingerprint density at radius 2 is 1.86 bits per heavy atom. The fourth-order valence-corrected chi connectivity index (χ4v) is 4.80. The van der Waals surface area contributed by atoms with Crippen LogP contribution in [-0.4, -0.2) is 38.2 Å². The molecule has 0 radical (unpaired) electrons. The SMILES string of the molecule is O=C(Nc1cc(F)cc(F)c1)[C@H]1CCCN(C2=NS(=O)(=O)c3ccccc32)C1. The second kappa shape index (κ2) is 6.97. The van der Waals surface area contributed by atoms with Crippen molar-refractivity contribution in [2.45, 2.75) is 17.7 Å². The number of carbonyl (C=O) groups is 1. The van der Waals surface area contributed by atoms with Gasteiger partial charge in [-0.3, -0.25) is 4.79 Å². The Balaban J connectivity index is 1.53. The molecule has 1 amide bonds. The highest BCUT2D eigenvalue weighted by Crippen LogP contribution is 2.30. The van der Waals surface area contributed by atoms with E-state index in [0.717, 1.165) is 18.2 Å². The van der Waals surface area contributed by atoms with E-state index in [1.165, 1.54) is 6.07 Å². The molecule has 2 aliphatic heterocycles. The molecule has 1 fully saturated rings. The Kier molecular flexibility index (Phi) is 4.62. The van der Waals surface area contributed by atoms with E-state index < -0.39 is 27.6 Å². The highest BCUT2D eigenvalue weighted by Gasteiger charge is 2.35. The van der Waals surface area contributed by atoms with Crippen LogP contribution >= 0.6 is 0 Å². The average molecular weight is 405 g/mol. The third-order valence-electron chi connectivity index (χ3n) is 4.83. The van der Waals surface area contributed by atoms with E-state index in [4.69, 9.17) is 0 Å². The predicted octanol–water partition coefficient (Wildman–Crippen LogP) is 2.76. The van der Waals surface area contributed by atoms with Crippen LogP contribution in [0.5, 0.6) is 0 Å². The molecule has 0 saturated carbocycles. The molecular weight excluding hydrogens is 388 g/mol. The molecule has 146 valence electrons. The van der Waals surface area contributed by atoms with E-state index in [1.807, 2.05) is 0 Å². The van der Waals surface area contributed by atoms with Gasteiger partial charge in [0.2, 0.25) is 5.91 Å². The molecule has 2 aromatic rings. The first kappa shape index (κ1) is 18.5. The van der Waals surface area contributed by atoms with Crippen LogP contribution in [0, 0.1) is 17.6 Å². The molecule has 9 heteroatoms. The van der Waals surface area contributed by atoms with E-state index in [9.17, 15) is 22.0 Å². The lowest BCUT2D eigenvalue weighted by Crippen LogP contribution is -2.43. The van der Waals surface area contributed by atoms with Gasteiger partial charge in [-0.2, -0.15) is 8.42 Å². The summed E-state index contributed by atoms with van der Waals surface area (Å²) in [5.41, 5.74) is 0.571. The maximum Gasteiger partial charge on any atom is 0.285 e. The average Bonchev–Trinajstić information content (AvgIpc) is 2.93. The fourth-order valence-electron chi connectivity index (χ4n) is 3.57. The number of anilines is 1. The van der Waals surface area contributed by atoms with Gasteiger partial charge in [0.05, 0.1) is 5.92 Å². The van der Waals surface area contributed by atoms with Gasteiger partial charge in [0.25, 0.3) is 10.0 Å². The number of nitrogens with one attached hydrogen (secondary N) is 1. The van der Waals surface area contributed by atoms with Crippen LogP contribution < -0.4 is 5.32 Å². The third kappa shape index (κ3) is 3.49. The van der Waals surface area contributed by atoms with E-state index in [-0.39, 0.29) is 23.0 Å². The second-order valence-corrected chi connectivity index (χ2v) is 8.39. The van der Waals surface area contributed by atoms with Gasteiger partial charge in [-0.05, 0) is 37.1 Å². The zero-order valence-electron chi connectivity index (χ0n) is 14.7. The van der Waals surface area contributed by atoms with Crippen LogP contribution in [0.4, 0.5) is 14.5 Å². The number of hydrogen-bond donors (Lipinski definition) is 1. The van der Waals surface area contributed by atoms with Crippen LogP contribution in [0.2, 0.25) is 0 Å². The van der Waals surface area contributed by atoms with Crippen molar-refractivity contribution in [1.82, 2.24) is 4.90 Å². The third-order valence-corrected chi connectivity index (χ3v) is 6.16. The quantitative estimate of drug-likeness (QED) is 0.833. The zero-order valence-corrected chi connectivity index (χ0v) is 15.5. The van der Waals surface area contributed by atoms with Gasteiger partial charge in [-0.25, -0.2) is 8.78 Å². The largest absolute Gasteiger partial charge is 0.355 e. The molecule has 2 heterocycles. The highest BCUT2D eigenvalue weighted by atomic mass is 32.2. The summed E-state index contributed by atoms with van der Waals surface area (Å²) < 4.78 is 55.1. The lowest BCUT2D eigenvalue weighted by molar-refractivity contribution is -0.121. The number of hydrogen-bond acceptors (Lipinski definition) is 4. The van der Waals surface area contributed by atoms with Crippen LogP contribution in [0.25, 0.3) is 0 Å². The molecule has 1 saturated heterocycles. The highest BCUT2D eigenvalue weighted by molar-refractivity contribution is 7.90. The van der Waals surface area contributed by atoms with Crippen molar-refractivity contribution in [1.29, 1.82) is 0 Å². The Labute approximate surface area is 160 Å². The Morgan fingerprint density at radius 1 is 1.14 bits per heavy atom. The Morgan fingerprint density at radius 3 is 2.61 bits per heavy atom. The van der Waals surface area contributed by atoms with Crippen LogP contribution in [0.1, 0.15) is 18.4 Å². The number of carbonyl (C=O) groups excluding carboxylic acids is 1. The van der Waals surface area contributed by atoms with Gasteiger partial charge >= 0.3 is 0 Å². The summed E-state index contributed by atoms with van der Waals surface area (Å²) >= 11 is 0. The predicted molar refractivity (Wildman–Crippen MR) is 99.4 cm³/mol. The standard InChI is InChI=1S/C19H17F2N3O3S/c20-13-8-14(21)10-15(9-13)22-19(25)12-4-3-7-24(11-12)18-16-5-1-2-6-17(16)28(26,27)23-18/h1-2,5-6,8-10,12H,3-4,7,11H2,(H,22,25)/t12-/m0/s1. The molecule has 0 aromatic heterocycles. The minimum atomic E-state index is -3.74. The molecule has 1 N–H and O–H groups in total. The molecular formula is C19H17F2N3O3S. The summed E-state index contributed by atoms with van der Waals surface area (Å²) in [6.07, 6.45) is 1.25. The number of likely N-dealkylation sites (tertiary alicyclic amines) is 1. The summed E-state index contributed by atoms with van der Waals surface area (Å²) in [6, 6.07) is 9.40. The number of sulfonamides is 1. The Bertz CT molecular complexity index is 1070. The van der Waals surface area contributed by atoms with Gasteiger partial charge < -0.3 is 10.2 Å². The van der Waals surface area contributed by atoms with Gasteiger partial charge in [0.15, 0.2) is 5.84 Å². The van der Waals surface area contributed by atoms with Crippen molar-refractivity contribution in [2.75, 3.05) is 18.4 Å². The monoisotopic (exact) mass is 405 g/mol. The van der Waals surface area contributed by atoms with Gasteiger partial charge in [-0.1, -0.05) is 12.1 Å². The smallest absolute Gasteiger partial charge is 0.285 e. The zero-order chi connectivity index (χ0) is 19.9. The van der Waals surface area contributed by atoms with Crippen molar-refractivity contribution in [3.05, 3.63) is 59.7 Å². The number of amides is 1.